The van der Waals surface area contributed by atoms with E-state index >= 15 is 0 Å². The van der Waals surface area contributed by atoms with Crippen LogP contribution in [0.4, 0.5) is 4.39 Å². The summed E-state index contributed by atoms with van der Waals surface area (Å²) in [6.45, 7) is 4.29. The lowest BCUT2D eigenvalue weighted by Gasteiger charge is -2.31. The molecule has 5 heteroatoms. The Balaban J connectivity index is 1.75. The van der Waals surface area contributed by atoms with Crippen LogP contribution >= 0.6 is 11.3 Å². The molecule has 2 rings (SSSR count). The van der Waals surface area contributed by atoms with E-state index in [0.29, 0.717) is 0 Å². The van der Waals surface area contributed by atoms with Gasteiger partial charge in [-0.15, -0.1) is 11.3 Å². The van der Waals surface area contributed by atoms with E-state index in [0.717, 1.165) is 37.4 Å². The molecule has 1 N–H and O–H groups in total. The fourth-order valence-electron chi connectivity index (χ4n) is 2.23. The first kappa shape index (κ1) is 14.0. The summed E-state index contributed by atoms with van der Waals surface area (Å²) in [5.41, 5.74) is 0. The van der Waals surface area contributed by atoms with E-state index in [1.54, 1.807) is 6.92 Å². The number of nitrogens with zero attached hydrogens (tertiary/aromatic N) is 1. The van der Waals surface area contributed by atoms with Gasteiger partial charge < -0.3 is 5.32 Å². The van der Waals surface area contributed by atoms with E-state index in [-0.39, 0.29) is 17.1 Å². The van der Waals surface area contributed by atoms with E-state index in [2.05, 4.69) is 22.1 Å². The second-order valence-electron chi connectivity index (χ2n) is 4.60. The number of halogens is 1. The van der Waals surface area contributed by atoms with Gasteiger partial charge in [-0.3, -0.25) is 9.69 Å². The number of nitrogens with one attached hydrogen (secondary N) is 1. The Morgan fingerprint density at radius 2 is 2.26 bits per heavy atom. The molecule has 0 aromatic carbocycles. The molecule has 19 heavy (non-hydrogen) atoms. The summed E-state index contributed by atoms with van der Waals surface area (Å²) in [5.74, 6) is 4.89. The molecular weight excluding hydrogens is 263 g/mol. The molecule has 1 amide bonds. The Kier molecular flexibility index (Phi) is 4.94. The molecule has 1 aromatic heterocycles. The average molecular weight is 280 g/mol. The largest absolute Gasteiger partial charge is 0.342 e. The van der Waals surface area contributed by atoms with Crippen molar-refractivity contribution in [3.05, 3.63) is 22.1 Å². The normalized spacial score (nSPS) is 16.7. The third-order valence-corrected chi connectivity index (χ3v) is 4.03. The predicted molar refractivity (Wildman–Crippen MR) is 74.2 cm³/mol. The first-order chi connectivity index (χ1) is 9.17. The lowest BCUT2D eigenvalue weighted by atomic mass is 10.0. The van der Waals surface area contributed by atoms with Gasteiger partial charge in [-0.1, -0.05) is 5.92 Å². The number of thiophene rings is 1. The van der Waals surface area contributed by atoms with Gasteiger partial charge in [0.2, 0.25) is 0 Å². The van der Waals surface area contributed by atoms with E-state index in [9.17, 15) is 9.18 Å². The summed E-state index contributed by atoms with van der Waals surface area (Å²) in [5, 5.41) is 2.78. The van der Waals surface area contributed by atoms with Gasteiger partial charge in [-0.25, -0.2) is 0 Å². The smallest absolute Gasteiger partial charge is 0.296 e. The second-order valence-corrected chi connectivity index (χ2v) is 5.72. The zero-order valence-corrected chi connectivity index (χ0v) is 11.7. The third kappa shape index (κ3) is 4.34. The topological polar surface area (TPSA) is 32.3 Å². The number of carbonyl (C=O) groups excluding carboxylic acids is 1. The molecule has 1 aromatic rings. The van der Waals surface area contributed by atoms with Gasteiger partial charge in [-0.05, 0) is 37.8 Å². The lowest BCUT2D eigenvalue weighted by Crippen LogP contribution is -2.43. The van der Waals surface area contributed by atoms with Crippen LogP contribution in [0.3, 0.4) is 0 Å². The minimum atomic E-state index is -0.193. The highest BCUT2D eigenvalue weighted by Crippen LogP contribution is 2.19. The quantitative estimate of drug-likeness (QED) is 0.859. The van der Waals surface area contributed by atoms with Crippen LogP contribution in [0.5, 0.6) is 0 Å². The van der Waals surface area contributed by atoms with Crippen LogP contribution in [-0.2, 0) is 11.3 Å². The number of hydrogen-bond donors (Lipinski definition) is 1. The second kappa shape index (κ2) is 6.69. The molecule has 3 nitrogen and oxygen atoms in total. The minimum absolute atomic E-state index is 0.129. The molecule has 0 atom stereocenters. The molecule has 0 saturated carbocycles. The zero-order chi connectivity index (χ0) is 13.7. The summed E-state index contributed by atoms with van der Waals surface area (Å²) in [7, 11) is 0. The Morgan fingerprint density at radius 1 is 1.53 bits per heavy atom. The lowest BCUT2D eigenvalue weighted by molar-refractivity contribution is -0.116. The van der Waals surface area contributed by atoms with Gasteiger partial charge in [0.15, 0.2) is 5.13 Å². The maximum atomic E-state index is 12.9. The van der Waals surface area contributed by atoms with E-state index in [1.807, 2.05) is 6.07 Å². The first-order valence-electron chi connectivity index (χ1n) is 6.37. The highest BCUT2D eigenvalue weighted by molar-refractivity contribution is 7.10. The molecule has 0 aliphatic carbocycles. The van der Waals surface area contributed by atoms with E-state index in [1.165, 1.54) is 17.4 Å². The van der Waals surface area contributed by atoms with Crippen molar-refractivity contribution in [2.45, 2.75) is 32.4 Å². The summed E-state index contributed by atoms with van der Waals surface area (Å²) in [6.07, 6.45) is 1.84. The van der Waals surface area contributed by atoms with Crippen molar-refractivity contribution in [2.75, 3.05) is 13.1 Å². The number of likely N-dealkylation sites (tertiary alicyclic amines) is 1. The average Bonchev–Trinajstić information content (AvgIpc) is 2.78. The van der Waals surface area contributed by atoms with Gasteiger partial charge in [0.25, 0.3) is 5.91 Å². The van der Waals surface area contributed by atoms with Gasteiger partial charge in [0, 0.05) is 30.6 Å². The highest BCUT2D eigenvalue weighted by atomic mass is 32.1. The number of rotatable bonds is 3. The van der Waals surface area contributed by atoms with Gasteiger partial charge in [-0.2, -0.15) is 4.39 Å². The van der Waals surface area contributed by atoms with Gasteiger partial charge in [0.05, 0.1) is 0 Å². The minimum Gasteiger partial charge on any atom is -0.342 e. The molecule has 102 valence electrons. The van der Waals surface area contributed by atoms with Crippen LogP contribution in [0.15, 0.2) is 12.1 Å². The fraction of sp³-hybridized carbons (Fsp3) is 0.500. The highest BCUT2D eigenvalue weighted by Gasteiger charge is 2.20. The molecule has 2 heterocycles. The van der Waals surface area contributed by atoms with Crippen LogP contribution in [-0.4, -0.2) is 29.9 Å². The standard InChI is InChI=1S/C14H17FN2OS/c1-2-3-14(18)16-11-6-8-17(9-7-11)10-12-4-5-13(15)19-12/h4-5,11H,6-10H2,1H3,(H,16,18). The zero-order valence-electron chi connectivity index (χ0n) is 10.9. The maximum Gasteiger partial charge on any atom is 0.296 e. The van der Waals surface area contributed by atoms with Gasteiger partial charge in [0.1, 0.15) is 0 Å². The van der Waals surface area contributed by atoms with Crippen molar-refractivity contribution in [2.24, 2.45) is 0 Å². The van der Waals surface area contributed by atoms with E-state index in [4.69, 9.17) is 0 Å². The summed E-state index contributed by atoms with van der Waals surface area (Å²) in [6, 6.07) is 3.56. The third-order valence-electron chi connectivity index (χ3n) is 3.17. The molecule has 0 radical (unpaired) electrons. The summed E-state index contributed by atoms with van der Waals surface area (Å²) in [4.78, 5) is 14.7. The Bertz CT molecular complexity index is 495. The Morgan fingerprint density at radius 3 is 2.84 bits per heavy atom. The van der Waals surface area contributed by atoms with Gasteiger partial charge >= 0.3 is 0 Å². The summed E-state index contributed by atoms with van der Waals surface area (Å²) >= 11 is 1.20. The Hall–Kier alpha value is -1.38. The van der Waals surface area contributed by atoms with Crippen LogP contribution in [0, 0.1) is 17.0 Å². The number of hydrogen-bond acceptors (Lipinski definition) is 3. The van der Waals surface area contributed by atoms with Crippen molar-refractivity contribution >= 4 is 17.2 Å². The van der Waals surface area contributed by atoms with Crippen molar-refractivity contribution in [1.29, 1.82) is 0 Å². The van der Waals surface area contributed by atoms with Crippen molar-refractivity contribution in [3.63, 3.8) is 0 Å². The molecular formula is C14H17FN2OS. The number of amides is 1. The van der Waals surface area contributed by atoms with Crippen LogP contribution in [0.25, 0.3) is 0 Å². The molecule has 1 saturated heterocycles. The first-order valence-corrected chi connectivity index (χ1v) is 7.19. The van der Waals surface area contributed by atoms with Crippen LogP contribution in [0.1, 0.15) is 24.6 Å². The fourth-order valence-corrected chi connectivity index (χ4v) is 3.00. The monoisotopic (exact) mass is 280 g/mol. The Labute approximate surface area is 116 Å². The molecule has 1 aliphatic rings. The van der Waals surface area contributed by atoms with E-state index < -0.39 is 0 Å². The van der Waals surface area contributed by atoms with Crippen molar-refractivity contribution < 1.29 is 9.18 Å². The predicted octanol–water partition coefficient (Wildman–Crippen LogP) is 1.99. The van der Waals surface area contributed by atoms with Crippen LogP contribution < -0.4 is 5.32 Å². The SMILES string of the molecule is CC#CC(=O)NC1CCN(Cc2ccc(F)s2)CC1. The van der Waals surface area contributed by atoms with Crippen molar-refractivity contribution in [3.8, 4) is 11.8 Å². The number of carbonyl (C=O) groups is 1. The molecule has 0 spiro atoms. The maximum absolute atomic E-state index is 12.9. The van der Waals surface area contributed by atoms with Crippen molar-refractivity contribution in [1.82, 2.24) is 10.2 Å². The molecule has 0 bridgehead atoms. The molecule has 0 unspecified atom stereocenters. The van der Waals surface area contributed by atoms with Crippen LogP contribution in [0.2, 0.25) is 0 Å². The number of piperidine rings is 1. The summed E-state index contributed by atoms with van der Waals surface area (Å²) < 4.78 is 12.9. The molecule has 1 fully saturated rings. The molecule has 1 aliphatic heterocycles.